The molecular weight excluding hydrogens is 448 g/mol. The van der Waals surface area contributed by atoms with Gasteiger partial charge in [-0.25, -0.2) is 9.78 Å². The number of hydrogen-bond acceptors (Lipinski definition) is 9. The second-order valence-electron chi connectivity index (χ2n) is 6.72. The number of para-hydroxylation sites is 1. The molecule has 1 amide bonds. The summed E-state index contributed by atoms with van der Waals surface area (Å²) < 4.78 is 26.6. The third kappa shape index (κ3) is 4.75. The van der Waals surface area contributed by atoms with Gasteiger partial charge >= 0.3 is 5.97 Å². The molecule has 0 bridgehead atoms. The average molecular weight is 468 g/mol. The van der Waals surface area contributed by atoms with Crippen molar-refractivity contribution >= 4 is 39.3 Å². The highest BCUT2D eigenvalue weighted by molar-refractivity contribution is 7.14. The molecule has 170 valence electrons. The van der Waals surface area contributed by atoms with Crippen LogP contribution in [-0.2, 0) is 9.53 Å². The molecule has 0 fully saturated rings. The summed E-state index contributed by atoms with van der Waals surface area (Å²) in [5.41, 5.74) is 1.50. The first kappa shape index (κ1) is 22.2. The SMILES string of the molecule is COc1cc(C(=O)OCC(=O)Nc2nc(-c3cc4ccccc4o3)cs2)cc(OC)c1OC. The molecule has 9 nitrogen and oxygen atoms in total. The number of carbonyl (C=O) groups is 2. The van der Waals surface area contributed by atoms with Gasteiger partial charge in [0.1, 0.15) is 11.3 Å². The van der Waals surface area contributed by atoms with Gasteiger partial charge in [0, 0.05) is 10.8 Å². The fourth-order valence-electron chi connectivity index (χ4n) is 3.12. The van der Waals surface area contributed by atoms with E-state index in [1.165, 1.54) is 44.8 Å². The number of rotatable bonds is 8. The molecule has 0 radical (unpaired) electrons. The largest absolute Gasteiger partial charge is 0.493 e. The van der Waals surface area contributed by atoms with Gasteiger partial charge in [0.15, 0.2) is 29.0 Å². The fourth-order valence-corrected chi connectivity index (χ4v) is 3.84. The van der Waals surface area contributed by atoms with Gasteiger partial charge in [0.05, 0.1) is 26.9 Å². The molecule has 0 aliphatic heterocycles. The topological polar surface area (TPSA) is 109 Å². The van der Waals surface area contributed by atoms with Gasteiger partial charge < -0.3 is 23.4 Å². The molecule has 4 aromatic rings. The number of aromatic nitrogens is 1. The molecule has 2 heterocycles. The van der Waals surface area contributed by atoms with Crippen molar-refractivity contribution in [1.82, 2.24) is 4.98 Å². The zero-order chi connectivity index (χ0) is 23.4. The van der Waals surface area contributed by atoms with E-state index in [0.29, 0.717) is 33.8 Å². The maximum absolute atomic E-state index is 12.4. The van der Waals surface area contributed by atoms with Crippen molar-refractivity contribution in [3.63, 3.8) is 0 Å². The number of ether oxygens (including phenoxy) is 4. The minimum Gasteiger partial charge on any atom is -0.493 e. The number of anilines is 1. The summed E-state index contributed by atoms with van der Waals surface area (Å²) in [4.78, 5) is 29.1. The summed E-state index contributed by atoms with van der Waals surface area (Å²) in [5.74, 6) is 0.302. The van der Waals surface area contributed by atoms with E-state index in [-0.39, 0.29) is 5.56 Å². The summed E-state index contributed by atoms with van der Waals surface area (Å²) in [6.45, 7) is -0.491. The van der Waals surface area contributed by atoms with E-state index in [1.807, 2.05) is 30.3 Å². The van der Waals surface area contributed by atoms with Gasteiger partial charge in [-0.05, 0) is 24.3 Å². The molecule has 0 aliphatic rings. The van der Waals surface area contributed by atoms with Crippen molar-refractivity contribution in [2.75, 3.05) is 33.3 Å². The average Bonchev–Trinajstić information content (AvgIpc) is 3.48. The van der Waals surface area contributed by atoms with Crippen LogP contribution in [0.25, 0.3) is 22.4 Å². The van der Waals surface area contributed by atoms with Crippen molar-refractivity contribution in [3.8, 4) is 28.7 Å². The van der Waals surface area contributed by atoms with Crippen molar-refractivity contribution < 1.29 is 33.0 Å². The Hall–Kier alpha value is -4.05. The molecule has 10 heteroatoms. The number of thiazole rings is 1. The minimum atomic E-state index is -0.716. The molecule has 0 aliphatic carbocycles. The molecule has 2 aromatic heterocycles. The van der Waals surface area contributed by atoms with Gasteiger partial charge in [0.25, 0.3) is 5.91 Å². The highest BCUT2D eigenvalue weighted by Gasteiger charge is 2.19. The zero-order valence-electron chi connectivity index (χ0n) is 18.0. The summed E-state index contributed by atoms with van der Waals surface area (Å²) in [6.07, 6.45) is 0. The van der Waals surface area contributed by atoms with Gasteiger partial charge in [-0.1, -0.05) is 18.2 Å². The number of benzene rings is 2. The van der Waals surface area contributed by atoms with Crippen LogP contribution in [0, 0.1) is 0 Å². The molecule has 4 rings (SSSR count). The number of fused-ring (bicyclic) bond motifs is 1. The van der Waals surface area contributed by atoms with E-state index < -0.39 is 18.5 Å². The Morgan fingerprint density at radius 3 is 2.42 bits per heavy atom. The number of amides is 1. The first-order chi connectivity index (χ1) is 16.0. The minimum absolute atomic E-state index is 0.152. The normalized spacial score (nSPS) is 10.6. The Morgan fingerprint density at radius 1 is 1.03 bits per heavy atom. The van der Waals surface area contributed by atoms with Crippen molar-refractivity contribution in [2.45, 2.75) is 0 Å². The lowest BCUT2D eigenvalue weighted by Crippen LogP contribution is -2.21. The second kappa shape index (κ2) is 9.61. The van der Waals surface area contributed by atoms with E-state index in [1.54, 1.807) is 5.38 Å². The maximum atomic E-state index is 12.4. The number of furan rings is 1. The lowest BCUT2D eigenvalue weighted by Gasteiger charge is -2.13. The monoisotopic (exact) mass is 468 g/mol. The fraction of sp³-hybridized carbons (Fsp3) is 0.174. The molecule has 0 unspecified atom stereocenters. The van der Waals surface area contributed by atoms with Crippen LogP contribution in [0.4, 0.5) is 5.13 Å². The van der Waals surface area contributed by atoms with Crippen LogP contribution in [-0.4, -0.2) is 44.8 Å². The van der Waals surface area contributed by atoms with E-state index >= 15 is 0 Å². The maximum Gasteiger partial charge on any atom is 0.338 e. The van der Waals surface area contributed by atoms with Crippen molar-refractivity contribution in [2.24, 2.45) is 0 Å². The Balaban J connectivity index is 1.38. The van der Waals surface area contributed by atoms with Crippen LogP contribution >= 0.6 is 11.3 Å². The van der Waals surface area contributed by atoms with Gasteiger partial charge in [0.2, 0.25) is 5.75 Å². The number of nitrogens with zero attached hydrogens (tertiary/aromatic N) is 1. The first-order valence-electron chi connectivity index (χ1n) is 9.74. The van der Waals surface area contributed by atoms with Crippen molar-refractivity contribution in [3.05, 3.63) is 53.4 Å². The summed E-state index contributed by atoms with van der Waals surface area (Å²) in [7, 11) is 4.34. The third-order valence-electron chi connectivity index (χ3n) is 4.66. The highest BCUT2D eigenvalue weighted by Crippen LogP contribution is 2.38. The Kier molecular flexibility index (Phi) is 6.45. The van der Waals surface area contributed by atoms with Gasteiger partial charge in [-0.15, -0.1) is 11.3 Å². The molecule has 0 saturated heterocycles. The molecule has 0 spiro atoms. The quantitative estimate of drug-likeness (QED) is 0.380. The summed E-state index contributed by atoms with van der Waals surface area (Å²) in [6, 6.07) is 12.4. The molecule has 33 heavy (non-hydrogen) atoms. The van der Waals surface area contributed by atoms with Crippen LogP contribution in [0.1, 0.15) is 10.4 Å². The number of nitrogens with one attached hydrogen (secondary N) is 1. The predicted octanol–water partition coefficient (Wildman–Crippen LogP) is 4.38. The van der Waals surface area contributed by atoms with Gasteiger partial charge in [-0.3, -0.25) is 10.1 Å². The molecule has 0 saturated carbocycles. The number of hydrogen-bond donors (Lipinski definition) is 1. The van der Waals surface area contributed by atoms with Crippen LogP contribution < -0.4 is 19.5 Å². The molecular formula is C23H20N2O7S. The lowest BCUT2D eigenvalue weighted by molar-refractivity contribution is -0.119. The smallest absolute Gasteiger partial charge is 0.338 e. The Morgan fingerprint density at radius 2 is 1.76 bits per heavy atom. The van der Waals surface area contributed by atoms with E-state index in [2.05, 4.69) is 10.3 Å². The van der Waals surface area contributed by atoms with E-state index in [0.717, 1.165) is 11.0 Å². The molecule has 2 aromatic carbocycles. The summed E-state index contributed by atoms with van der Waals surface area (Å²) >= 11 is 1.24. The molecule has 1 N–H and O–H groups in total. The first-order valence-corrected chi connectivity index (χ1v) is 10.6. The lowest BCUT2D eigenvalue weighted by atomic mass is 10.2. The predicted molar refractivity (Wildman–Crippen MR) is 122 cm³/mol. The number of esters is 1. The number of methoxy groups -OCH3 is 3. The zero-order valence-corrected chi connectivity index (χ0v) is 18.9. The van der Waals surface area contributed by atoms with Crippen LogP contribution in [0.15, 0.2) is 52.3 Å². The standard InChI is InChI=1S/C23H20N2O7S/c1-28-18-9-14(10-19(29-2)21(18)30-3)22(27)31-11-20(26)25-23-24-15(12-33-23)17-8-13-6-4-5-7-16(13)32-17/h4-10,12H,11H2,1-3H3,(H,24,25,26). The van der Waals surface area contributed by atoms with Crippen LogP contribution in [0.2, 0.25) is 0 Å². The summed E-state index contributed by atoms with van der Waals surface area (Å²) in [5, 5.41) is 5.71. The van der Waals surface area contributed by atoms with Crippen LogP contribution in [0.5, 0.6) is 17.2 Å². The van der Waals surface area contributed by atoms with E-state index in [9.17, 15) is 9.59 Å². The number of carbonyl (C=O) groups excluding carboxylic acids is 2. The molecule has 0 atom stereocenters. The second-order valence-corrected chi connectivity index (χ2v) is 7.58. The van der Waals surface area contributed by atoms with Gasteiger partial charge in [-0.2, -0.15) is 0 Å². The van der Waals surface area contributed by atoms with Crippen molar-refractivity contribution in [1.29, 1.82) is 0 Å². The van der Waals surface area contributed by atoms with Crippen LogP contribution in [0.3, 0.4) is 0 Å². The van der Waals surface area contributed by atoms with E-state index in [4.69, 9.17) is 23.4 Å². The highest BCUT2D eigenvalue weighted by atomic mass is 32.1. The third-order valence-corrected chi connectivity index (χ3v) is 5.42. The Bertz CT molecular complexity index is 1250. The Labute approximate surface area is 192 Å².